The van der Waals surface area contributed by atoms with Crippen molar-refractivity contribution in [3.8, 4) is 0 Å². The molecule has 0 aromatic rings. The van der Waals surface area contributed by atoms with Crippen LogP contribution in [0.25, 0.3) is 0 Å². The molecule has 154 valence electrons. The predicted molar refractivity (Wildman–Crippen MR) is 112 cm³/mol. The molecule has 0 aromatic carbocycles. The van der Waals surface area contributed by atoms with E-state index in [1.165, 1.54) is 25.7 Å². The Morgan fingerprint density at radius 1 is 0.769 bits per heavy atom. The molecule has 0 fully saturated rings. The second-order valence-corrected chi connectivity index (χ2v) is 8.76. The van der Waals surface area contributed by atoms with Gasteiger partial charge >= 0.3 is 0 Å². The lowest BCUT2D eigenvalue weighted by molar-refractivity contribution is -0.873. The third-order valence-corrected chi connectivity index (χ3v) is 5.14. The summed E-state index contributed by atoms with van der Waals surface area (Å²) >= 11 is 0. The van der Waals surface area contributed by atoms with Gasteiger partial charge in [0.05, 0.1) is 21.1 Å². The maximum atomic E-state index is 13.0. The van der Waals surface area contributed by atoms with E-state index in [0.29, 0.717) is 23.9 Å². The summed E-state index contributed by atoms with van der Waals surface area (Å²) in [6, 6.07) is 0. The van der Waals surface area contributed by atoms with E-state index in [2.05, 4.69) is 23.3 Å². The molecule has 0 atom stereocenters. The number of ketones is 2. The van der Waals surface area contributed by atoms with Crippen molar-refractivity contribution in [3.05, 3.63) is 0 Å². The van der Waals surface area contributed by atoms with Crippen LogP contribution in [-0.4, -0.2) is 49.3 Å². The summed E-state index contributed by atoms with van der Waals surface area (Å²) in [5.41, 5.74) is -1.36. The third-order valence-electron chi connectivity index (χ3n) is 4.79. The first kappa shape index (κ1) is 25.7. The fraction of sp³-hybridized carbons (Fsp3) is 0.905. The molecule has 0 saturated heterocycles. The third kappa shape index (κ3) is 10.1. The van der Waals surface area contributed by atoms with E-state index >= 15 is 0 Å². The highest BCUT2D eigenvalue weighted by molar-refractivity contribution is 7.10. The SMILES string of the molecule is CCCCCCCC(=O)C(C[N+](C)(C)C)(O[PH-])C(=O)CCCCCCC. The number of hydrogen-bond donors (Lipinski definition) is 0. The molecule has 0 amide bonds. The summed E-state index contributed by atoms with van der Waals surface area (Å²) in [7, 11) is 9.07. The van der Waals surface area contributed by atoms with Crippen LogP contribution in [0.2, 0.25) is 0 Å². The number of quaternary nitrogens is 1. The van der Waals surface area contributed by atoms with Crippen molar-refractivity contribution < 1.29 is 18.6 Å². The number of likely N-dealkylation sites (N-methyl/N-ethyl adjacent to an activating group) is 1. The highest BCUT2D eigenvalue weighted by atomic mass is 31.0. The van der Waals surface area contributed by atoms with Crippen LogP contribution < -0.4 is 0 Å². The minimum absolute atomic E-state index is 0.0735. The standard InChI is InChI=1S/C21H42NO3P/c1-6-8-10-12-14-16-19(23)21(25-26,18-22(3,4)5)20(24)17-15-13-11-9-7-2/h26H,6-18H2,1-5H3. The molecule has 0 rings (SSSR count). The van der Waals surface area contributed by atoms with Crippen molar-refractivity contribution in [1.29, 1.82) is 0 Å². The largest absolute Gasteiger partial charge is 0.541 e. The Morgan fingerprint density at radius 3 is 1.46 bits per heavy atom. The van der Waals surface area contributed by atoms with E-state index < -0.39 is 5.60 Å². The lowest BCUT2D eigenvalue weighted by Crippen LogP contribution is -2.58. The predicted octanol–water partition coefficient (Wildman–Crippen LogP) is 5.37. The summed E-state index contributed by atoms with van der Waals surface area (Å²) in [5, 5.41) is 0. The average Bonchev–Trinajstić information content (AvgIpc) is 2.58. The van der Waals surface area contributed by atoms with Gasteiger partial charge in [-0.2, -0.15) is 0 Å². The lowest BCUT2D eigenvalue weighted by Gasteiger charge is -2.39. The maximum absolute atomic E-state index is 13.0. The second-order valence-electron chi connectivity index (χ2n) is 8.55. The Morgan fingerprint density at radius 2 is 1.15 bits per heavy atom. The lowest BCUT2D eigenvalue weighted by atomic mass is 9.86. The monoisotopic (exact) mass is 387 g/mol. The summed E-state index contributed by atoms with van der Waals surface area (Å²) in [4.78, 5) is 26.0. The van der Waals surface area contributed by atoms with Gasteiger partial charge in [-0.15, -0.1) is 0 Å². The van der Waals surface area contributed by atoms with E-state index in [4.69, 9.17) is 4.52 Å². The molecule has 0 saturated carbocycles. The van der Waals surface area contributed by atoms with Gasteiger partial charge in [0.25, 0.3) is 0 Å². The van der Waals surface area contributed by atoms with Crippen LogP contribution in [0, 0.1) is 0 Å². The van der Waals surface area contributed by atoms with Gasteiger partial charge in [0.15, 0.2) is 11.6 Å². The molecule has 0 aliphatic rings. The zero-order valence-corrected chi connectivity index (χ0v) is 18.9. The molecule has 0 aliphatic heterocycles. The maximum Gasteiger partial charge on any atom is 0.204 e. The molecular weight excluding hydrogens is 345 g/mol. The van der Waals surface area contributed by atoms with Gasteiger partial charge in [-0.05, 0) is 12.8 Å². The van der Waals surface area contributed by atoms with Crippen LogP contribution in [0.5, 0.6) is 0 Å². The van der Waals surface area contributed by atoms with E-state index in [-0.39, 0.29) is 11.6 Å². The molecule has 0 aromatic heterocycles. The van der Waals surface area contributed by atoms with Crippen molar-refractivity contribution in [2.24, 2.45) is 0 Å². The summed E-state index contributed by atoms with van der Waals surface area (Å²) in [6.45, 7) is 4.71. The van der Waals surface area contributed by atoms with Gasteiger partial charge in [-0.25, -0.2) is 0 Å². The van der Waals surface area contributed by atoms with Gasteiger partial charge in [0.2, 0.25) is 5.60 Å². The molecule has 0 N–H and O–H groups in total. The molecular formula is C21H42NO3P. The molecule has 4 nitrogen and oxygen atoms in total. The normalized spacial score (nSPS) is 12.4. The number of Topliss-reactive ketones (excluding diaryl/α,β-unsaturated/α-hetero) is 2. The van der Waals surface area contributed by atoms with Crippen molar-refractivity contribution in [3.63, 3.8) is 0 Å². The molecule has 0 aliphatic carbocycles. The average molecular weight is 388 g/mol. The smallest absolute Gasteiger partial charge is 0.204 e. The zero-order valence-electron chi connectivity index (χ0n) is 17.9. The van der Waals surface area contributed by atoms with Gasteiger partial charge in [0.1, 0.15) is 6.54 Å². The highest BCUT2D eigenvalue weighted by Gasteiger charge is 2.46. The van der Waals surface area contributed by atoms with Crippen molar-refractivity contribution in [2.45, 2.75) is 96.5 Å². The molecule has 0 unspecified atom stereocenters. The molecule has 0 bridgehead atoms. The highest BCUT2D eigenvalue weighted by Crippen LogP contribution is 2.26. The van der Waals surface area contributed by atoms with Gasteiger partial charge in [0, 0.05) is 12.8 Å². The summed E-state index contributed by atoms with van der Waals surface area (Å²) in [6.07, 6.45) is 11.6. The first-order valence-electron chi connectivity index (χ1n) is 10.4. The van der Waals surface area contributed by atoms with Gasteiger partial charge in [-0.1, -0.05) is 65.2 Å². The van der Waals surface area contributed by atoms with Crippen LogP contribution in [0.15, 0.2) is 0 Å². The van der Waals surface area contributed by atoms with Crippen molar-refractivity contribution in [2.75, 3.05) is 27.7 Å². The fourth-order valence-corrected chi connectivity index (χ4v) is 3.62. The Hall–Kier alpha value is -0.310. The van der Waals surface area contributed by atoms with E-state index in [9.17, 15) is 9.59 Å². The van der Waals surface area contributed by atoms with E-state index in [0.717, 1.165) is 38.5 Å². The quantitative estimate of drug-likeness (QED) is 0.146. The minimum atomic E-state index is -1.36. The van der Waals surface area contributed by atoms with E-state index in [1.807, 2.05) is 21.1 Å². The Kier molecular flexibility index (Phi) is 13.6. The van der Waals surface area contributed by atoms with Crippen molar-refractivity contribution in [1.82, 2.24) is 0 Å². The van der Waals surface area contributed by atoms with Crippen LogP contribution >= 0.6 is 9.47 Å². The number of rotatable bonds is 17. The number of carbonyl (C=O) groups excluding carboxylic acids is 2. The Bertz CT molecular complexity index is 379. The van der Waals surface area contributed by atoms with Gasteiger partial charge < -0.3 is 18.5 Å². The topological polar surface area (TPSA) is 43.4 Å². The number of nitrogens with zero attached hydrogens (tertiary/aromatic N) is 1. The first-order valence-corrected chi connectivity index (χ1v) is 10.9. The first-order chi connectivity index (χ1) is 12.2. The summed E-state index contributed by atoms with van der Waals surface area (Å²) < 4.78 is 5.99. The number of unbranched alkanes of at least 4 members (excludes halogenated alkanes) is 8. The molecule has 5 heteroatoms. The molecule has 0 spiro atoms. The molecule has 26 heavy (non-hydrogen) atoms. The Balaban J connectivity index is 4.92. The van der Waals surface area contributed by atoms with Crippen molar-refractivity contribution >= 4 is 21.0 Å². The molecule has 0 radical (unpaired) electrons. The van der Waals surface area contributed by atoms with Crippen LogP contribution in [0.3, 0.4) is 0 Å². The summed E-state index contributed by atoms with van der Waals surface area (Å²) in [5.74, 6) is -0.147. The van der Waals surface area contributed by atoms with Crippen LogP contribution in [0.1, 0.15) is 90.9 Å². The fourth-order valence-electron chi connectivity index (χ4n) is 3.33. The number of hydrogen-bond acceptors (Lipinski definition) is 3. The van der Waals surface area contributed by atoms with Gasteiger partial charge in [-0.3, -0.25) is 9.59 Å². The van der Waals surface area contributed by atoms with Crippen LogP contribution in [0.4, 0.5) is 0 Å². The van der Waals surface area contributed by atoms with Crippen LogP contribution in [-0.2, 0) is 14.1 Å². The zero-order chi connectivity index (χ0) is 20.1. The minimum Gasteiger partial charge on any atom is -0.541 e. The van der Waals surface area contributed by atoms with E-state index in [1.54, 1.807) is 0 Å². The Labute approximate surface area is 164 Å². The second kappa shape index (κ2) is 13.8. The molecule has 0 heterocycles. The number of carbonyl (C=O) groups is 2.